The summed E-state index contributed by atoms with van der Waals surface area (Å²) in [7, 11) is 1.57. The summed E-state index contributed by atoms with van der Waals surface area (Å²) < 4.78 is 18.7. The van der Waals surface area contributed by atoms with Crippen molar-refractivity contribution in [1.29, 1.82) is 0 Å². The van der Waals surface area contributed by atoms with E-state index in [9.17, 15) is 9.18 Å². The molecule has 0 fully saturated rings. The number of benzene rings is 1. The van der Waals surface area contributed by atoms with E-state index < -0.39 is 5.82 Å². The minimum absolute atomic E-state index is 0.238. The van der Waals surface area contributed by atoms with Gasteiger partial charge >= 0.3 is 0 Å². The van der Waals surface area contributed by atoms with Crippen LogP contribution in [-0.4, -0.2) is 37.6 Å². The lowest BCUT2D eigenvalue weighted by molar-refractivity contribution is 0.0717. The maximum Gasteiger partial charge on any atom is 0.254 e. The van der Waals surface area contributed by atoms with E-state index in [0.29, 0.717) is 29.7 Å². The second-order valence-electron chi connectivity index (χ2n) is 3.66. The van der Waals surface area contributed by atoms with Crippen LogP contribution in [0, 0.1) is 5.82 Å². The van der Waals surface area contributed by atoms with E-state index in [0.717, 1.165) is 0 Å². The van der Waals surface area contributed by atoms with Crippen LogP contribution < -0.4 is 0 Å². The molecule has 0 saturated heterocycles. The molecule has 5 heteroatoms. The summed E-state index contributed by atoms with van der Waals surface area (Å²) in [5.41, 5.74) is 0.314. The monoisotopic (exact) mass is 315 g/mol. The van der Waals surface area contributed by atoms with Crippen LogP contribution in [0.25, 0.3) is 0 Å². The van der Waals surface area contributed by atoms with Crippen molar-refractivity contribution in [3.63, 3.8) is 0 Å². The summed E-state index contributed by atoms with van der Waals surface area (Å²) >= 11 is 3.05. The first-order chi connectivity index (χ1) is 8.60. The Labute approximate surface area is 114 Å². The maximum atomic E-state index is 13.4. The van der Waals surface area contributed by atoms with Crippen molar-refractivity contribution in [1.82, 2.24) is 4.90 Å². The Bertz CT molecular complexity index is 437. The molecule has 0 aliphatic carbocycles. The Morgan fingerprint density at radius 1 is 1.61 bits per heavy atom. The molecule has 0 saturated carbocycles. The van der Waals surface area contributed by atoms with Gasteiger partial charge in [0.2, 0.25) is 0 Å². The van der Waals surface area contributed by atoms with Gasteiger partial charge in [-0.25, -0.2) is 4.39 Å². The lowest BCUT2D eigenvalue weighted by atomic mass is 10.2. The third-order valence-electron chi connectivity index (χ3n) is 2.37. The molecule has 0 aliphatic heterocycles. The zero-order valence-corrected chi connectivity index (χ0v) is 11.7. The summed E-state index contributed by atoms with van der Waals surface area (Å²) in [6.45, 7) is 4.88. The zero-order chi connectivity index (χ0) is 13.5. The van der Waals surface area contributed by atoms with Gasteiger partial charge in [-0.1, -0.05) is 6.08 Å². The number of carbonyl (C=O) groups is 1. The van der Waals surface area contributed by atoms with E-state index >= 15 is 0 Å². The van der Waals surface area contributed by atoms with Crippen LogP contribution in [-0.2, 0) is 4.74 Å². The molecule has 1 rings (SSSR count). The minimum atomic E-state index is -0.453. The molecular weight excluding hydrogens is 301 g/mol. The van der Waals surface area contributed by atoms with Gasteiger partial charge in [0.05, 0.1) is 11.1 Å². The summed E-state index contributed by atoms with van der Waals surface area (Å²) in [6, 6.07) is 4.32. The third-order valence-corrected chi connectivity index (χ3v) is 3.01. The van der Waals surface area contributed by atoms with Crippen molar-refractivity contribution in [3.05, 3.63) is 46.7 Å². The first-order valence-electron chi connectivity index (χ1n) is 5.44. The third kappa shape index (κ3) is 3.92. The SMILES string of the molecule is C=CCN(CCOC)C(=O)c1ccc(Br)c(F)c1. The van der Waals surface area contributed by atoms with E-state index in [1.54, 1.807) is 24.2 Å². The quantitative estimate of drug-likeness (QED) is 0.755. The number of ether oxygens (including phenoxy) is 1. The minimum Gasteiger partial charge on any atom is -0.383 e. The van der Waals surface area contributed by atoms with Gasteiger partial charge in [0.15, 0.2) is 0 Å². The molecule has 1 aromatic carbocycles. The number of amides is 1. The molecule has 18 heavy (non-hydrogen) atoms. The number of hydrogen-bond acceptors (Lipinski definition) is 2. The first-order valence-corrected chi connectivity index (χ1v) is 6.23. The van der Waals surface area contributed by atoms with Crippen molar-refractivity contribution < 1.29 is 13.9 Å². The Morgan fingerprint density at radius 3 is 2.89 bits per heavy atom. The molecule has 0 aromatic heterocycles. The summed E-state index contributed by atoms with van der Waals surface area (Å²) in [6.07, 6.45) is 1.63. The van der Waals surface area contributed by atoms with Crippen LogP contribution in [0.1, 0.15) is 10.4 Å². The summed E-state index contributed by atoms with van der Waals surface area (Å²) in [4.78, 5) is 13.7. The topological polar surface area (TPSA) is 29.5 Å². The molecule has 0 unspecified atom stereocenters. The second kappa shape index (κ2) is 7.28. The Hall–Kier alpha value is -1.20. The largest absolute Gasteiger partial charge is 0.383 e. The molecule has 0 aliphatic rings. The second-order valence-corrected chi connectivity index (χ2v) is 4.52. The summed E-state index contributed by atoms with van der Waals surface area (Å²) in [5.74, 6) is -0.690. The van der Waals surface area contributed by atoms with E-state index in [4.69, 9.17) is 4.74 Å². The fraction of sp³-hybridized carbons (Fsp3) is 0.308. The maximum absolute atomic E-state index is 13.4. The van der Waals surface area contributed by atoms with Crippen molar-refractivity contribution >= 4 is 21.8 Å². The average Bonchev–Trinajstić information content (AvgIpc) is 2.37. The van der Waals surface area contributed by atoms with E-state index in [2.05, 4.69) is 22.5 Å². The predicted molar refractivity (Wildman–Crippen MR) is 72.1 cm³/mol. The van der Waals surface area contributed by atoms with E-state index in [-0.39, 0.29) is 5.91 Å². The molecule has 3 nitrogen and oxygen atoms in total. The van der Waals surface area contributed by atoms with Gasteiger partial charge < -0.3 is 9.64 Å². The molecule has 0 atom stereocenters. The van der Waals surface area contributed by atoms with Gasteiger partial charge in [-0.2, -0.15) is 0 Å². The van der Waals surface area contributed by atoms with Crippen LogP contribution in [0.15, 0.2) is 35.3 Å². The van der Waals surface area contributed by atoms with Crippen LogP contribution in [0.2, 0.25) is 0 Å². The smallest absolute Gasteiger partial charge is 0.254 e. The van der Waals surface area contributed by atoms with Crippen LogP contribution >= 0.6 is 15.9 Å². The lowest BCUT2D eigenvalue weighted by Crippen LogP contribution is -2.34. The van der Waals surface area contributed by atoms with Crippen molar-refractivity contribution in [3.8, 4) is 0 Å². The van der Waals surface area contributed by atoms with E-state index in [1.165, 1.54) is 12.1 Å². The van der Waals surface area contributed by atoms with Gasteiger partial charge in [0.25, 0.3) is 5.91 Å². The highest BCUT2D eigenvalue weighted by atomic mass is 79.9. The highest BCUT2D eigenvalue weighted by Crippen LogP contribution is 2.17. The molecule has 0 spiro atoms. The van der Waals surface area contributed by atoms with Crippen LogP contribution in [0.3, 0.4) is 0 Å². The normalized spacial score (nSPS) is 10.2. The highest BCUT2D eigenvalue weighted by molar-refractivity contribution is 9.10. The van der Waals surface area contributed by atoms with Crippen molar-refractivity contribution in [2.75, 3.05) is 26.8 Å². The highest BCUT2D eigenvalue weighted by Gasteiger charge is 2.15. The van der Waals surface area contributed by atoms with Crippen LogP contribution in [0.4, 0.5) is 4.39 Å². The molecule has 0 bridgehead atoms. The molecule has 1 aromatic rings. The van der Waals surface area contributed by atoms with Gasteiger partial charge in [-0.3, -0.25) is 4.79 Å². The van der Waals surface area contributed by atoms with Gasteiger partial charge in [0, 0.05) is 25.8 Å². The number of methoxy groups -OCH3 is 1. The molecule has 98 valence electrons. The van der Waals surface area contributed by atoms with Crippen LogP contribution in [0.5, 0.6) is 0 Å². The van der Waals surface area contributed by atoms with Gasteiger partial charge in [-0.05, 0) is 34.1 Å². The number of carbonyl (C=O) groups excluding carboxylic acids is 1. The Balaban J connectivity index is 2.86. The predicted octanol–water partition coefficient (Wildman–Crippen LogP) is 2.86. The average molecular weight is 316 g/mol. The molecule has 1 amide bonds. The Kier molecular flexibility index (Phi) is 6.01. The molecular formula is C13H15BrFNO2. The first kappa shape index (κ1) is 14.9. The molecule has 0 radical (unpaired) electrons. The fourth-order valence-electron chi connectivity index (χ4n) is 1.44. The number of halogens is 2. The summed E-state index contributed by atoms with van der Waals surface area (Å²) in [5, 5.41) is 0. The molecule has 0 heterocycles. The number of rotatable bonds is 6. The van der Waals surface area contributed by atoms with Gasteiger partial charge in [-0.15, -0.1) is 6.58 Å². The fourth-order valence-corrected chi connectivity index (χ4v) is 1.69. The Morgan fingerprint density at radius 2 is 2.33 bits per heavy atom. The number of hydrogen-bond donors (Lipinski definition) is 0. The lowest BCUT2D eigenvalue weighted by Gasteiger charge is -2.20. The number of nitrogens with zero attached hydrogens (tertiary/aromatic N) is 1. The molecule has 0 N–H and O–H groups in total. The van der Waals surface area contributed by atoms with Gasteiger partial charge in [0.1, 0.15) is 5.82 Å². The standard InChI is InChI=1S/C13H15BrFNO2/c1-3-6-16(7-8-18-2)13(17)10-4-5-11(14)12(15)9-10/h3-5,9H,1,6-8H2,2H3. The van der Waals surface area contributed by atoms with E-state index in [1.807, 2.05) is 0 Å². The zero-order valence-electron chi connectivity index (χ0n) is 10.2. The van der Waals surface area contributed by atoms with Crippen molar-refractivity contribution in [2.45, 2.75) is 0 Å². The van der Waals surface area contributed by atoms with Crippen molar-refractivity contribution in [2.24, 2.45) is 0 Å².